The number of hydrogen-bond donors (Lipinski definition) is 0. The first kappa shape index (κ1) is 18.9. The molecule has 0 atom stereocenters. The van der Waals surface area contributed by atoms with Gasteiger partial charge in [0.2, 0.25) is 0 Å². The van der Waals surface area contributed by atoms with Crippen molar-refractivity contribution in [1.82, 2.24) is 13.5 Å². The molecule has 142 valence electrons. The lowest BCUT2D eigenvalue weighted by Crippen LogP contribution is -2.54. The lowest BCUT2D eigenvalue weighted by molar-refractivity contribution is 0.0665. The van der Waals surface area contributed by atoms with E-state index in [1.807, 2.05) is 39.0 Å². The average molecular weight is 379 g/mol. The standard InChI is InChI=1S/C18H25N3O4S/c1-4-20(5-2)26(23,24)21-10-8-19(9-11-21)18(22)17-13-15-12-14(3)6-7-16(15)25-17/h6-7,12-13H,4-5,8-11H2,1-3H3. The summed E-state index contributed by atoms with van der Waals surface area (Å²) in [6.07, 6.45) is 0. The summed E-state index contributed by atoms with van der Waals surface area (Å²) in [6, 6.07) is 7.53. The summed E-state index contributed by atoms with van der Waals surface area (Å²) < 4.78 is 33.7. The third kappa shape index (κ3) is 3.49. The molecular formula is C18H25N3O4S. The molecule has 1 aromatic carbocycles. The third-order valence-corrected chi connectivity index (χ3v) is 6.95. The van der Waals surface area contributed by atoms with Crippen LogP contribution < -0.4 is 0 Å². The van der Waals surface area contributed by atoms with Crippen molar-refractivity contribution in [3.63, 3.8) is 0 Å². The number of piperazine rings is 1. The molecule has 0 saturated carbocycles. The lowest BCUT2D eigenvalue weighted by atomic mass is 10.2. The van der Waals surface area contributed by atoms with Gasteiger partial charge in [0.1, 0.15) is 5.58 Å². The van der Waals surface area contributed by atoms with Gasteiger partial charge in [-0.25, -0.2) is 0 Å². The molecule has 0 N–H and O–H groups in total. The molecule has 2 heterocycles. The number of fused-ring (bicyclic) bond motifs is 1. The van der Waals surface area contributed by atoms with E-state index in [1.165, 1.54) is 8.61 Å². The Morgan fingerprint density at radius 2 is 1.77 bits per heavy atom. The minimum absolute atomic E-state index is 0.196. The first-order valence-electron chi connectivity index (χ1n) is 8.91. The van der Waals surface area contributed by atoms with Crippen molar-refractivity contribution in [2.24, 2.45) is 0 Å². The number of benzene rings is 1. The van der Waals surface area contributed by atoms with Crippen LogP contribution in [0.2, 0.25) is 0 Å². The number of furan rings is 1. The predicted octanol–water partition coefficient (Wildman–Crippen LogP) is 2.09. The largest absolute Gasteiger partial charge is 0.451 e. The number of aryl methyl sites for hydroxylation is 1. The highest BCUT2D eigenvalue weighted by Crippen LogP contribution is 2.22. The van der Waals surface area contributed by atoms with E-state index in [0.29, 0.717) is 50.6 Å². The Kier molecular flexibility index (Phi) is 5.36. The first-order chi connectivity index (χ1) is 12.4. The second-order valence-corrected chi connectivity index (χ2v) is 8.36. The van der Waals surface area contributed by atoms with E-state index in [4.69, 9.17) is 4.42 Å². The summed E-state index contributed by atoms with van der Waals surface area (Å²) >= 11 is 0. The quantitative estimate of drug-likeness (QED) is 0.797. The molecule has 0 aliphatic carbocycles. The van der Waals surface area contributed by atoms with Crippen LogP contribution in [0.15, 0.2) is 28.7 Å². The van der Waals surface area contributed by atoms with E-state index in [1.54, 1.807) is 11.0 Å². The van der Waals surface area contributed by atoms with E-state index in [-0.39, 0.29) is 5.91 Å². The average Bonchev–Trinajstić information content (AvgIpc) is 3.05. The van der Waals surface area contributed by atoms with E-state index in [9.17, 15) is 13.2 Å². The SMILES string of the molecule is CCN(CC)S(=O)(=O)N1CCN(C(=O)c2cc3cc(C)ccc3o2)CC1. The summed E-state index contributed by atoms with van der Waals surface area (Å²) in [6.45, 7) is 7.82. The molecule has 0 bridgehead atoms. The molecule has 8 heteroatoms. The summed E-state index contributed by atoms with van der Waals surface area (Å²) in [5, 5.41) is 0.899. The van der Waals surface area contributed by atoms with Crippen molar-refractivity contribution >= 4 is 27.1 Å². The van der Waals surface area contributed by atoms with Gasteiger partial charge in [-0.3, -0.25) is 4.79 Å². The Balaban J connectivity index is 1.70. The van der Waals surface area contributed by atoms with Gasteiger partial charge in [0.05, 0.1) is 0 Å². The number of nitrogens with zero attached hydrogens (tertiary/aromatic N) is 3. The number of hydrogen-bond acceptors (Lipinski definition) is 4. The van der Waals surface area contributed by atoms with Gasteiger partial charge in [-0.15, -0.1) is 0 Å². The van der Waals surface area contributed by atoms with Crippen LogP contribution in [0.1, 0.15) is 30.0 Å². The normalized spacial score (nSPS) is 16.5. The monoisotopic (exact) mass is 379 g/mol. The van der Waals surface area contributed by atoms with Gasteiger partial charge in [0.25, 0.3) is 16.1 Å². The molecule has 1 aromatic heterocycles. The molecule has 1 aliphatic rings. The predicted molar refractivity (Wildman–Crippen MR) is 100 cm³/mol. The van der Waals surface area contributed by atoms with Gasteiger partial charge in [0.15, 0.2) is 5.76 Å². The zero-order chi connectivity index (χ0) is 18.9. The maximum atomic E-state index is 12.7. The zero-order valence-corrected chi connectivity index (χ0v) is 16.3. The summed E-state index contributed by atoms with van der Waals surface area (Å²) in [5.74, 6) is 0.101. The van der Waals surface area contributed by atoms with Gasteiger partial charge in [-0.05, 0) is 25.1 Å². The molecule has 0 radical (unpaired) electrons. The second kappa shape index (κ2) is 7.38. The van der Waals surface area contributed by atoms with Gasteiger partial charge in [-0.2, -0.15) is 17.0 Å². The molecule has 1 amide bonds. The van der Waals surface area contributed by atoms with Crippen LogP contribution in [0.5, 0.6) is 0 Å². The Labute approximate surface area is 154 Å². The van der Waals surface area contributed by atoms with Crippen molar-refractivity contribution in [1.29, 1.82) is 0 Å². The molecule has 1 aliphatic heterocycles. The molecule has 3 rings (SSSR count). The molecule has 2 aromatic rings. The molecule has 7 nitrogen and oxygen atoms in total. The summed E-state index contributed by atoms with van der Waals surface area (Å²) in [4.78, 5) is 14.4. The van der Waals surface area contributed by atoms with Gasteiger partial charge < -0.3 is 9.32 Å². The number of rotatable bonds is 5. The summed E-state index contributed by atoms with van der Waals surface area (Å²) in [7, 11) is -3.46. The minimum atomic E-state index is -3.46. The van der Waals surface area contributed by atoms with Crippen LogP contribution in [0, 0.1) is 6.92 Å². The van der Waals surface area contributed by atoms with Crippen LogP contribution in [0.25, 0.3) is 11.0 Å². The molecule has 0 unspecified atom stereocenters. The first-order valence-corrected chi connectivity index (χ1v) is 10.3. The fraction of sp³-hybridized carbons (Fsp3) is 0.500. The van der Waals surface area contributed by atoms with Crippen molar-refractivity contribution in [2.75, 3.05) is 39.3 Å². The van der Waals surface area contributed by atoms with Crippen molar-refractivity contribution in [2.45, 2.75) is 20.8 Å². The maximum absolute atomic E-state index is 12.7. The van der Waals surface area contributed by atoms with Crippen molar-refractivity contribution in [3.05, 3.63) is 35.6 Å². The second-order valence-electron chi connectivity index (χ2n) is 6.44. The van der Waals surface area contributed by atoms with E-state index < -0.39 is 10.2 Å². The van der Waals surface area contributed by atoms with Gasteiger partial charge in [-0.1, -0.05) is 25.5 Å². The van der Waals surface area contributed by atoms with Crippen LogP contribution in [-0.4, -0.2) is 67.1 Å². The third-order valence-electron chi connectivity index (χ3n) is 4.77. The fourth-order valence-electron chi connectivity index (χ4n) is 3.26. The number of carbonyl (C=O) groups excluding carboxylic acids is 1. The molecule has 1 fully saturated rings. The van der Waals surface area contributed by atoms with Crippen molar-refractivity contribution < 1.29 is 17.6 Å². The van der Waals surface area contributed by atoms with E-state index >= 15 is 0 Å². The Bertz CT molecular complexity index is 894. The zero-order valence-electron chi connectivity index (χ0n) is 15.4. The highest BCUT2D eigenvalue weighted by atomic mass is 32.2. The van der Waals surface area contributed by atoms with Crippen LogP contribution in [-0.2, 0) is 10.2 Å². The maximum Gasteiger partial charge on any atom is 0.289 e. The smallest absolute Gasteiger partial charge is 0.289 e. The Morgan fingerprint density at radius 3 is 2.38 bits per heavy atom. The van der Waals surface area contributed by atoms with Gasteiger partial charge >= 0.3 is 0 Å². The highest BCUT2D eigenvalue weighted by molar-refractivity contribution is 7.86. The van der Waals surface area contributed by atoms with Crippen LogP contribution in [0.3, 0.4) is 0 Å². The van der Waals surface area contributed by atoms with Crippen molar-refractivity contribution in [3.8, 4) is 0 Å². The minimum Gasteiger partial charge on any atom is -0.451 e. The fourth-order valence-corrected chi connectivity index (χ4v) is 4.86. The van der Waals surface area contributed by atoms with Gasteiger partial charge in [0, 0.05) is 44.7 Å². The van der Waals surface area contributed by atoms with E-state index in [0.717, 1.165) is 10.9 Å². The topological polar surface area (TPSA) is 74.1 Å². The Morgan fingerprint density at radius 1 is 1.12 bits per heavy atom. The number of carbonyl (C=O) groups is 1. The highest BCUT2D eigenvalue weighted by Gasteiger charge is 2.33. The summed E-state index contributed by atoms with van der Waals surface area (Å²) in [5.41, 5.74) is 1.79. The van der Waals surface area contributed by atoms with Crippen LogP contribution >= 0.6 is 0 Å². The molecular weight excluding hydrogens is 354 g/mol. The van der Waals surface area contributed by atoms with Crippen LogP contribution in [0.4, 0.5) is 0 Å². The molecule has 0 spiro atoms. The lowest BCUT2D eigenvalue weighted by Gasteiger charge is -2.35. The Hall–Kier alpha value is -1.90. The number of amides is 1. The molecule has 26 heavy (non-hydrogen) atoms. The molecule has 1 saturated heterocycles. The van der Waals surface area contributed by atoms with E-state index in [2.05, 4.69) is 0 Å².